The van der Waals surface area contributed by atoms with E-state index in [0.29, 0.717) is 0 Å². The molecule has 0 aliphatic carbocycles. The van der Waals surface area contributed by atoms with Crippen molar-refractivity contribution in [1.82, 2.24) is 20.5 Å². The van der Waals surface area contributed by atoms with Crippen LogP contribution in [0, 0.1) is 6.92 Å². The maximum absolute atomic E-state index is 4.34. The SMILES string of the molecule is CNCc1ccc(-c2c(C)[nH]c3ccccc23)nn1. The third kappa shape index (κ3) is 2.11. The number of aryl methyl sites for hydroxylation is 1. The van der Waals surface area contributed by atoms with Crippen molar-refractivity contribution in [2.24, 2.45) is 0 Å². The van der Waals surface area contributed by atoms with Gasteiger partial charge in [0, 0.05) is 28.7 Å². The summed E-state index contributed by atoms with van der Waals surface area (Å²) in [5.74, 6) is 0. The Labute approximate surface area is 111 Å². The predicted octanol–water partition coefficient (Wildman–Crippen LogP) is 2.65. The topological polar surface area (TPSA) is 53.6 Å². The highest BCUT2D eigenvalue weighted by atomic mass is 15.1. The summed E-state index contributed by atoms with van der Waals surface area (Å²) in [6, 6.07) is 12.3. The second-order valence-electron chi connectivity index (χ2n) is 4.61. The molecule has 2 heterocycles. The molecule has 2 N–H and O–H groups in total. The predicted molar refractivity (Wildman–Crippen MR) is 76.8 cm³/mol. The van der Waals surface area contributed by atoms with Crippen molar-refractivity contribution in [1.29, 1.82) is 0 Å². The lowest BCUT2D eigenvalue weighted by Crippen LogP contribution is -2.07. The van der Waals surface area contributed by atoms with Crippen LogP contribution in [-0.2, 0) is 6.54 Å². The molecule has 2 aromatic heterocycles. The second-order valence-corrected chi connectivity index (χ2v) is 4.61. The number of hydrogen-bond donors (Lipinski definition) is 2. The summed E-state index contributed by atoms with van der Waals surface area (Å²) in [4.78, 5) is 3.39. The maximum atomic E-state index is 4.34. The van der Waals surface area contributed by atoms with Crippen LogP contribution in [0.3, 0.4) is 0 Å². The number of H-pyrrole nitrogens is 1. The van der Waals surface area contributed by atoms with Gasteiger partial charge in [-0.15, -0.1) is 0 Å². The summed E-state index contributed by atoms with van der Waals surface area (Å²) in [5.41, 5.74) is 5.26. The van der Waals surface area contributed by atoms with Crippen molar-refractivity contribution in [3.05, 3.63) is 47.8 Å². The van der Waals surface area contributed by atoms with Crippen LogP contribution in [0.2, 0.25) is 0 Å². The number of hydrogen-bond acceptors (Lipinski definition) is 3. The molecule has 0 fully saturated rings. The third-order valence-electron chi connectivity index (χ3n) is 3.23. The van der Waals surface area contributed by atoms with Crippen LogP contribution in [0.4, 0.5) is 0 Å². The molecule has 0 spiro atoms. The lowest BCUT2D eigenvalue weighted by molar-refractivity contribution is 0.768. The van der Waals surface area contributed by atoms with E-state index in [0.717, 1.165) is 34.7 Å². The third-order valence-corrected chi connectivity index (χ3v) is 3.23. The van der Waals surface area contributed by atoms with Crippen LogP contribution in [0.25, 0.3) is 22.2 Å². The molecular weight excluding hydrogens is 236 g/mol. The van der Waals surface area contributed by atoms with Gasteiger partial charge in [-0.3, -0.25) is 0 Å². The zero-order valence-corrected chi connectivity index (χ0v) is 11.1. The van der Waals surface area contributed by atoms with Gasteiger partial charge < -0.3 is 10.3 Å². The molecule has 1 aromatic carbocycles. The molecule has 3 aromatic rings. The van der Waals surface area contributed by atoms with Crippen molar-refractivity contribution < 1.29 is 0 Å². The van der Waals surface area contributed by atoms with Crippen molar-refractivity contribution in [2.75, 3.05) is 7.05 Å². The number of benzene rings is 1. The zero-order valence-electron chi connectivity index (χ0n) is 11.1. The highest BCUT2D eigenvalue weighted by Crippen LogP contribution is 2.30. The van der Waals surface area contributed by atoms with E-state index in [1.165, 1.54) is 5.39 Å². The lowest BCUT2D eigenvalue weighted by atomic mass is 10.1. The average Bonchev–Trinajstić information content (AvgIpc) is 2.76. The van der Waals surface area contributed by atoms with Crippen LogP contribution < -0.4 is 5.32 Å². The number of para-hydroxylation sites is 1. The van der Waals surface area contributed by atoms with E-state index in [9.17, 15) is 0 Å². The highest BCUT2D eigenvalue weighted by molar-refractivity contribution is 5.96. The Morgan fingerprint density at radius 3 is 2.68 bits per heavy atom. The van der Waals surface area contributed by atoms with Crippen LogP contribution in [0.15, 0.2) is 36.4 Å². The number of nitrogens with zero attached hydrogens (tertiary/aromatic N) is 2. The monoisotopic (exact) mass is 252 g/mol. The van der Waals surface area contributed by atoms with Gasteiger partial charge >= 0.3 is 0 Å². The van der Waals surface area contributed by atoms with Crippen molar-refractivity contribution in [3.8, 4) is 11.3 Å². The lowest BCUT2D eigenvalue weighted by Gasteiger charge is -2.02. The Morgan fingerprint density at radius 1 is 1.11 bits per heavy atom. The van der Waals surface area contributed by atoms with E-state index in [4.69, 9.17) is 0 Å². The molecule has 0 aliphatic heterocycles. The minimum absolute atomic E-state index is 0.736. The van der Waals surface area contributed by atoms with Gasteiger partial charge in [0.05, 0.1) is 11.4 Å². The van der Waals surface area contributed by atoms with E-state index in [1.54, 1.807) is 0 Å². The first kappa shape index (κ1) is 11.9. The quantitative estimate of drug-likeness (QED) is 0.753. The smallest absolute Gasteiger partial charge is 0.0954 e. The molecule has 0 atom stereocenters. The molecule has 0 saturated carbocycles. The molecule has 0 aliphatic rings. The van der Waals surface area contributed by atoms with Gasteiger partial charge in [0.2, 0.25) is 0 Å². The van der Waals surface area contributed by atoms with E-state index < -0.39 is 0 Å². The zero-order chi connectivity index (χ0) is 13.2. The Balaban J connectivity index is 2.10. The molecule has 96 valence electrons. The first-order chi connectivity index (χ1) is 9.29. The van der Waals surface area contributed by atoms with Crippen LogP contribution in [0.1, 0.15) is 11.4 Å². The van der Waals surface area contributed by atoms with Gasteiger partial charge in [0.25, 0.3) is 0 Å². The van der Waals surface area contributed by atoms with E-state index in [1.807, 2.05) is 31.3 Å². The first-order valence-corrected chi connectivity index (χ1v) is 6.34. The summed E-state index contributed by atoms with van der Waals surface area (Å²) in [7, 11) is 1.90. The number of fused-ring (bicyclic) bond motifs is 1. The average molecular weight is 252 g/mol. The standard InChI is InChI=1S/C15H16N4/c1-10-15(12-5-3-4-6-13(12)17-10)14-8-7-11(9-16-2)18-19-14/h3-8,16-17H,9H2,1-2H3. The van der Waals surface area contributed by atoms with Gasteiger partial charge in [0.1, 0.15) is 0 Å². The second kappa shape index (κ2) is 4.82. The van der Waals surface area contributed by atoms with Crippen molar-refractivity contribution >= 4 is 10.9 Å². The van der Waals surface area contributed by atoms with Crippen LogP contribution in [0.5, 0.6) is 0 Å². The highest BCUT2D eigenvalue weighted by Gasteiger charge is 2.11. The van der Waals surface area contributed by atoms with Gasteiger partial charge in [0.15, 0.2) is 0 Å². The number of aromatic nitrogens is 3. The summed E-state index contributed by atoms with van der Waals surface area (Å²) in [5, 5.41) is 12.8. The normalized spacial score (nSPS) is 11.1. The largest absolute Gasteiger partial charge is 0.358 e. The van der Waals surface area contributed by atoms with Crippen LogP contribution in [-0.4, -0.2) is 22.2 Å². The van der Waals surface area contributed by atoms with Gasteiger partial charge in [-0.1, -0.05) is 18.2 Å². The van der Waals surface area contributed by atoms with E-state index in [-0.39, 0.29) is 0 Å². The fraction of sp³-hybridized carbons (Fsp3) is 0.200. The molecular formula is C15H16N4. The minimum atomic E-state index is 0.736. The molecule has 0 amide bonds. The molecule has 4 nitrogen and oxygen atoms in total. The molecule has 4 heteroatoms. The summed E-state index contributed by atoms with van der Waals surface area (Å²) >= 11 is 0. The van der Waals surface area contributed by atoms with Gasteiger partial charge in [-0.05, 0) is 32.2 Å². The summed E-state index contributed by atoms with van der Waals surface area (Å²) in [6.07, 6.45) is 0. The molecule has 3 rings (SSSR count). The van der Waals surface area contributed by atoms with E-state index >= 15 is 0 Å². The number of rotatable bonds is 3. The van der Waals surface area contributed by atoms with Crippen molar-refractivity contribution in [3.63, 3.8) is 0 Å². The van der Waals surface area contributed by atoms with E-state index in [2.05, 4.69) is 39.6 Å². The molecule has 0 bridgehead atoms. The van der Waals surface area contributed by atoms with Gasteiger partial charge in [-0.2, -0.15) is 10.2 Å². The van der Waals surface area contributed by atoms with Gasteiger partial charge in [-0.25, -0.2) is 0 Å². The summed E-state index contributed by atoms with van der Waals surface area (Å²) in [6.45, 7) is 2.80. The minimum Gasteiger partial charge on any atom is -0.358 e. The van der Waals surface area contributed by atoms with Crippen molar-refractivity contribution in [2.45, 2.75) is 13.5 Å². The number of nitrogens with one attached hydrogen (secondary N) is 2. The maximum Gasteiger partial charge on any atom is 0.0954 e. The summed E-state index contributed by atoms with van der Waals surface area (Å²) < 4.78 is 0. The fourth-order valence-corrected chi connectivity index (χ4v) is 2.38. The molecule has 0 unspecified atom stereocenters. The molecule has 0 saturated heterocycles. The Kier molecular flexibility index (Phi) is 3.01. The fourth-order valence-electron chi connectivity index (χ4n) is 2.38. The first-order valence-electron chi connectivity index (χ1n) is 6.34. The Bertz CT molecular complexity index is 698. The molecule has 0 radical (unpaired) electrons. The Hall–Kier alpha value is -2.20. The van der Waals surface area contributed by atoms with Crippen LogP contribution >= 0.6 is 0 Å². The molecule has 19 heavy (non-hydrogen) atoms. The number of aromatic amines is 1. The Morgan fingerprint density at radius 2 is 1.95 bits per heavy atom.